The number of rotatable bonds is 7. The van der Waals surface area contributed by atoms with E-state index in [9.17, 15) is 35.5 Å². The van der Waals surface area contributed by atoms with Crippen LogP contribution in [0.1, 0.15) is 48.5 Å². The number of anilines is 6. The number of aromatic nitrogens is 3. The molecule has 0 amide bonds. The van der Waals surface area contributed by atoms with Gasteiger partial charge in [-0.2, -0.15) is 31.8 Å². The Morgan fingerprint density at radius 3 is 1.84 bits per heavy atom. The summed E-state index contributed by atoms with van der Waals surface area (Å²) in [5, 5.41) is 8.27. The number of benzene rings is 3. The highest BCUT2D eigenvalue weighted by Gasteiger charge is 2.37. The Balaban J connectivity index is 1.81. The summed E-state index contributed by atoms with van der Waals surface area (Å²) in [4.78, 5) is 38.0. The highest BCUT2D eigenvalue weighted by molar-refractivity contribution is 7.86. The molecule has 0 unspecified atom stereocenters. The van der Waals surface area contributed by atoms with E-state index in [4.69, 9.17) is 17.3 Å². The summed E-state index contributed by atoms with van der Waals surface area (Å²) in [5.74, 6) is -1.47. The molecule has 0 spiro atoms. The number of nitrogen functional groups attached to an aromatic ring is 1. The van der Waals surface area contributed by atoms with Crippen LogP contribution in [0, 0.1) is 20.8 Å². The lowest BCUT2D eigenvalue weighted by Gasteiger charge is -2.26. The van der Waals surface area contributed by atoms with Gasteiger partial charge in [-0.15, -0.1) is 0 Å². The van der Waals surface area contributed by atoms with Crippen molar-refractivity contribution in [1.29, 1.82) is 0 Å². The first-order valence-corrected chi connectivity index (χ1v) is 16.1. The highest BCUT2D eigenvalue weighted by Crippen LogP contribution is 2.44. The number of hydrogen-bond donors (Lipinski definition) is 6. The minimum Gasteiger partial charge on any atom is -0.397 e. The zero-order valence-electron chi connectivity index (χ0n) is 23.8. The van der Waals surface area contributed by atoms with Gasteiger partial charge in [0, 0.05) is 23.9 Å². The lowest BCUT2D eigenvalue weighted by atomic mass is 9.82. The van der Waals surface area contributed by atoms with Crippen LogP contribution < -0.4 is 21.7 Å². The Morgan fingerprint density at radius 2 is 1.31 bits per heavy atom. The number of nitrogens with two attached hydrogens (primary N) is 1. The molecule has 7 N–H and O–H groups in total. The van der Waals surface area contributed by atoms with Gasteiger partial charge >= 0.3 is 0 Å². The van der Waals surface area contributed by atoms with E-state index in [0.717, 1.165) is 6.07 Å². The van der Waals surface area contributed by atoms with Crippen molar-refractivity contribution in [2.45, 2.75) is 30.6 Å². The van der Waals surface area contributed by atoms with Gasteiger partial charge in [-0.25, -0.2) is 0 Å². The number of halogens is 1. The Hall–Kier alpha value is -4.68. The normalized spacial score (nSPS) is 12.9. The average Bonchev–Trinajstić information content (AvgIpc) is 2.95. The summed E-state index contributed by atoms with van der Waals surface area (Å²) in [6.45, 7) is 4.33. The first kappa shape index (κ1) is 31.7. The van der Waals surface area contributed by atoms with Crippen LogP contribution in [0.25, 0.3) is 0 Å². The van der Waals surface area contributed by atoms with Gasteiger partial charge in [-0.05, 0) is 55.1 Å². The van der Waals surface area contributed by atoms with Gasteiger partial charge < -0.3 is 21.7 Å². The summed E-state index contributed by atoms with van der Waals surface area (Å²) in [6, 6.07) is 6.71. The van der Waals surface area contributed by atoms with Gasteiger partial charge in [0.15, 0.2) is 11.6 Å². The van der Waals surface area contributed by atoms with Crippen LogP contribution in [0.5, 0.6) is 0 Å². The van der Waals surface area contributed by atoms with Crippen molar-refractivity contribution in [3.8, 4) is 0 Å². The third kappa shape index (κ3) is 5.44. The topological polar surface area (TPSA) is 244 Å². The van der Waals surface area contributed by atoms with Crippen LogP contribution in [-0.2, 0) is 20.2 Å². The van der Waals surface area contributed by atoms with Crippen LogP contribution in [-0.4, -0.2) is 59.5 Å². The second kappa shape index (κ2) is 11.0. The van der Waals surface area contributed by atoms with Crippen molar-refractivity contribution in [3.63, 3.8) is 0 Å². The average molecular weight is 674 g/mol. The van der Waals surface area contributed by atoms with Gasteiger partial charge in [0.25, 0.3) is 20.2 Å². The molecule has 234 valence electrons. The fourth-order valence-electron chi connectivity index (χ4n) is 5.33. The maximum absolute atomic E-state index is 13.8. The zero-order chi connectivity index (χ0) is 33.2. The van der Waals surface area contributed by atoms with Crippen molar-refractivity contribution < 1.29 is 35.5 Å². The SMILES string of the molecule is CNc1nc(Cl)nc(Nc2c(C)c(Nc3cc(S(=O)(=O)O)c(N)c4c3C(=O)c3ccccc3C4=O)c(C)c(S(=O)(=O)O)c2C)n1. The smallest absolute Gasteiger partial charge is 0.296 e. The Labute approximate surface area is 261 Å². The lowest BCUT2D eigenvalue weighted by molar-refractivity contribution is 0.0980. The molecule has 0 bridgehead atoms. The maximum Gasteiger partial charge on any atom is 0.296 e. The van der Waals surface area contributed by atoms with E-state index < -0.39 is 52.8 Å². The fraction of sp³-hybridized carbons (Fsp3) is 0.148. The van der Waals surface area contributed by atoms with Crippen molar-refractivity contribution in [2.24, 2.45) is 0 Å². The molecular formula is C27H24ClN7O8S2. The van der Waals surface area contributed by atoms with E-state index in [0.29, 0.717) is 0 Å². The number of nitrogens with zero attached hydrogens (tertiary/aromatic N) is 3. The van der Waals surface area contributed by atoms with Crippen molar-refractivity contribution in [3.05, 3.63) is 74.6 Å². The molecule has 0 radical (unpaired) electrons. The number of carbonyl (C=O) groups excluding carboxylic acids is 2. The van der Waals surface area contributed by atoms with E-state index >= 15 is 0 Å². The molecule has 0 fully saturated rings. The lowest BCUT2D eigenvalue weighted by Crippen LogP contribution is -2.25. The monoisotopic (exact) mass is 673 g/mol. The first-order valence-electron chi connectivity index (χ1n) is 12.8. The van der Waals surface area contributed by atoms with Crippen molar-refractivity contribution in [1.82, 2.24) is 15.0 Å². The summed E-state index contributed by atoms with van der Waals surface area (Å²) < 4.78 is 70.3. The fourth-order valence-corrected chi connectivity index (χ4v) is 7.11. The summed E-state index contributed by atoms with van der Waals surface area (Å²) in [7, 11) is -8.39. The molecule has 4 aromatic rings. The Kier molecular flexibility index (Phi) is 7.79. The number of hydrogen-bond acceptors (Lipinski definition) is 13. The van der Waals surface area contributed by atoms with Crippen molar-refractivity contribution >= 4 is 78.0 Å². The van der Waals surface area contributed by atoms with E-state index in [1.807, 2.05) is 0 Å². The quantitative estimate of drug-likeness (QED) is 0.106. The molecule has 0 saturated heterocycles. The van der Waals surface area contributed by atoms with E-state index in [1.54, 1.807) is 6.92 Å². The number of ketones is 2. The van der Waals surface area contributed by atoms with E-state index in [2.05, 4.69) is 30.9 Å². The van der Waals surface area contributed by atoms with E-state index in [-0.39, 0.29) is 67.6 Å². The summed E-state index contributed by atoms with van der Waals surface area (Å²) in [5.41, 5.74) is 4.73. The molecule has 18 heteroatoms. The summed E-state index contributed by atoms with van der Waals surface area (Å²) in [6.07, 6.45) is 0. The molecule has 15 nitrogen and oxygen atoms in total. The van der Waals surface area contributed by atoms with Gasteiger partial charge in [-0.3, -0.25) is 18.7 Å². The van der Waals surface area contributed by atoms with Crippen LogP contribution in [0.3, 0.4) is 0 Å². The molecule has 3 aromatic carbocycles. The van der Waals surface area contributed by atoms with Crippen molar-refractivity contribution in [2.75, 3.05) is 28.7 Å². The maximum atomic E-state index is 13.8. The Bertz CT molecular complexity index is 2210. The molecule has 0 saturated carbocycles. The summed E-state index contributed by atoms with van der Waals surface area (Å²) >= 11 is 6.01. The van der Waals surface area contributed by atoms with Gasteiger partial charge in [0.2, 0.25) is 17.2 Å². The number of carbonyl (C=O) groups is 2. The molecule has 0 atom stereocenters. The third-order valence-electron chi connectivity index (χ3n) is 7.25. The predicted molar refractivity (Wildman–Crippen MR) is 165 cm³/mol. The molecule has 1 aromatic heterocycles. The molecule has 0 aliphatic heterocycles. The highest BCUT2D eigenvalue weighted by atomic mass is 35.5. The molecule has 5 rings (SSSR count). The van der Waals surface area contributed by atoms with Crippen LogP contribution in [0.4, 0.5) is 34.6 Å². The molecule has 1 aliphatic carbocycles. The van der Waals surface area contributed by atoms with Gasteiger partial charge in [0.05, 0.1) is 28.2 Å². The molecular weight excluding hydrogens is 650 g/mol. The Morgan fingerprint density at radius 1 is 0.778 bits per heavy atom. The standard InChI is InChI=1S/C27H24ClN7O8S2/c1-10-20(11(2)24(45(41,42)43)12(3)21(10)32-27-34-25(28)33-26(30-4)35-27)31-15-9-16(44(38,39)40)19(29)18-17(15)22(36)13-7-5-6-8-14(13)23(18)37/h5-9,31H,29H2,1-4H3,(H,38,39,40)(H,41,42,43)(H2,30,32,33,34,35). The largest absolute Gasteiger partial charge is 0.397 e. The zero-order valence-corrected chi connectivity index (χ0v) is 26.2. The van der Waals surface area contributed by atoms with Gasteiger partial charge in [-0.1, -0.05) is 24.3 Å². The van der Waals surface area contributed by atoms with Crippen LogP contribution in [0.2, 0.25) is 5.28 Å². The first-order chi connectivity index (χ1) is 20.9. The minimum absolute atomic E-state index is 0.0161. The van der Waals surface area contributed by atoms with Crippen LogP contribution in [0.15, 0.2) is 40.1 Å². The molecule has 1 heterocycles. The molecule has 45 heavy (non-hydrogen) atoms. The number of fused-ring (bicyclic) bond motifs is 2. The second-order valence-corrected chi connectivity index (χ2v) is 13.0. The minimum atomic E-state index is -5.04. The van der Waals surface area contributed by atoms with E-state index in [1.165, 1.54) is 45.2 Å². The second-order valence-electron chi connectivity index (χ2n) is 9.95. The predicted octanol–water partition coefficient (Wildman–Crippen LogP) is 3.83. The molecule has 1 aliphatic rings. The van der Waals surface area contributed by atoms with Crippen LogP contribution >= 0.6 is 11.6 Å². The third-order valence-corrected chi connectivity index (χ3v) is 9.44. The van der Waals surface area contributed by atoms with Gasteiger partial charge in [0.1, 0.15) is 9.79 Å². The number of nitrogens with one attached hydrogen (secondary N) is 3.